The molecule has 226 valence electrons. The van der Waals surface area contributed by atoms with Crippen LogP contribution in [-0.4, -0.2) is 44.1 Å². The monoisotopic (exact) mass is 597 g/mol. The summed E-state index contributed by atoms with van der Waals surface area (Å²) < 4.78 is 9.79. The van der Waals surface area contributed by atoms with Gasteiger partial charge in [-0.1, -0.05) is 84.9 Å². The molecule has 1 aliphatic rings. The van der Waals surface area contributed by atoms with E-state index < -0.39 is 5.91 Å². The molecule has 8 heteroatoms. The van der Waals surface area contributed by atoms with Crippen molar-refractivity contribution in [2.75, 3.05) is 13.1 Å². The summed E-state index contributed by atoms with van der Waals surface area (Å²) in [5, 5.41) is 4.52. The third-order valence-corrected chi connectivity index (χ3v) is 8.94. The summed E-state index contributed by atoms with van der Waals surface area (Å²) in [6, 6.07) is 30.5. The molecule has 8 nitrogen and oxygen atoms in total. The Labute approximate surface area is 261 Å². The Kier molecular flexibility index (Phi) is 7.78. The minimum atomic E-state index is -0.465. The number of hydrogen-bond acceptors (Lipinski definition) is 4. The van der Waals surface area contributed by atoms with E-state index in [2.05, 4.69) is 52.0 Å². The van der Waals surface area contributed by atoms with Gasteiger partial charge >= 0.3 is 6.09 Å². The highest BCUT2D eigenvalue weighted by atomic mass is 16.6. The van der Waals surface area contributed by atoms with Gasteiger partial charge < -0.3 is 24.5 Å². The van der Waals surface area contributed by atoms with Crippen molar-refractivity contribution in [3.05, 3.63) is 127 Å². The number of carbonyl (C=O) groups is 2. The van der Waals surface area contributed by atoms with Gasteiger partial charge in [-0.3, -0.25) is 4.79 Å². The summed E-state index contributed by atoms with van der Waals surface area (Å²) >= 11 is 0. The van der Waals surface area contributed by atoms with Crippen LogP contribution in [0.25, 0.3) is 32.7 Å². The lowest BCUT2D eigenvalue weighted by Crippen LogP contribution is -2.39. The normalized spacial score (nSPS) is 13.8. The predicted octanol–water partition coefficient (Wildman–Crippen LogP) is 6.85. The molecule has 45 heavy (non-hydrogen) atoms. The SMILES string of the molecule is NC(=O)c1cc(-c2cccc3ccccc23)cn1Cc1cncn1CC1CCN(C(=O)OCc2cccc3ccccc23)CC1. The van der Waals surface area contributed by atoms with Crippen LogP contribution in [0.3, 0.4) is 0 Å². The third kappa shape index (κ3) is 5.91. The molecule has 2 N–H and O–H groups in total. The van der Waals surface area contributed by atoms with E-state index in [-0.39, 0.29) is 12.7 Å². The van der Waals surface area contributed by atoms with Gasteiger partial charge in [0.1, 0.15) is 12.3 Å². The Morgan fingerprint density at radius 2 is 1.53 bits per heavy atom. The Morgan fingerprint density at radius 3 is 2.31 bits per heavy atom. The van der Waals surface area contributed by atoms with E-state index in [1.807, 2.05) is 76.7 Å². The van der Waals surface area contributed by atoms with Gasteiger partial charge in [0, 0.05) is 37.6 Å². The lowest BCUT2D eigenvalue weighted by atomic mass is 9.97. The Morgan fingerprint density at radius 1 is 0.844 bits per heavy atom. The van der Waals surface area contributed by atoms with Gasteiger partial charge in [0.25, 0.3) is 5.91 Å². The number of nitrogens with two attached hydrogens (primary N) is 1. The Hall–Kier alpha value is -5.37. The number of imidazole rings is 1. The van der Waals surface area contributed by atoms with Crippen molar-refractivity contribution in [3.8, 4) is 11.1 Å². The van der Waals surface area contributed by atoms with Crippen LogP contribution in [0.5, 0.6) is 0 Å². The topological polar surface area (TPSA) is 95.4 Å². The number of rotatable bonds is 8. The molecule has 1 saturated heterocycles. The minimum absolute atomic E-state index is 0.257. The molecule has 0 unspecified atom stereocenters. The molecular weight excluding hydrogens is 562 g/mol. The fourth-order valence-electron chi connectivity index (χ4n) is 6.52. The number of amides is 2. The standard InChI is InChI=1S/C37H35N5O3/c38-36(43)35-19-30(34-14-6-10-28-8-2-4-13-33(28)34)22-41(35)23-31-20-39-25-42(31)21-26-15-17-40(18-16-26)37(44)45-24-29-11-5-9-27-7-1-3-12-32(27)29/h1-14,19-20,22,25-26H,15-18,21,23-24H2,(H2,38,43). The molecule has 1 fully saturated rings. The first-order valence-corrected chi connectivity index (χ1v) is 15.4. The van der Waals surface area contributed by atoms with Crippen LogP contribution in [0.1, 0.15) is 34.6 Å². The zero-order chi connectivity index (χ0) is 30.8. The predicted molar refractivity (Wildman–Crippen MR) is 176 cm³/mol. The molecule has 4 aromatic carbocycles. The van der Waals surface area contributed by atoms with Crippen LogP contribution >= 0.6 is 0 Å². The van der Waals surface area contributed by atoms with E-state index in [1.54, 1.807) is 0 Å². The first-order chi connectivity index (χ1) is 22.0. The van der Waals surface area contributed by atoms with Gasteiger partial charge in [-0.25, -0.2) is 9.78 Å². The average Bonchev–Trinajstić information content (AvgIpc) is 3.70. The van der Waals surface area contributed by atoms with Gasteiger partial charge in [-0.15, -0.1) is 0 Å². The average molecular weight is 598 g/mol. The maximum atomic E-state index is 12.9. The van der Waals surface area contributed by atoms with Gasteiger partial charge in [-0.2, -0.15) is 0 Å². The number of fused-ring (bicyclic) bond motifs is 2. The van der Waals surface area contributed by atoms with Crippen LogP contribution in [0.2, 0.25) is 0 Å². The number of primary amides is 1. The van der Waals surface area contributed by atoms with Crippen molar-refractivity contribution in [1.29, 1.82) is 0 Å². The molecule has 0 saturated carbocycles. The highest BCUT2D eigenvalue weighted by Crippen LogP contribution is 2.31. The van der Waals surface area contributed by atoms with E-state index in [9.17, 15) is 9.59 Å². The van der Waals surface area contributed by atoms with Crippen molar-refractivity contribution >= 4 is 33.5 Å². The maximum absolute atomic E-state index is 12.9. The number of nitrogens with zero attached hydrogens (tertiary/aromatic N) is 4. The third-order valence-electron chi connectivity index (χ3n) is 8.94. The number of carbonyl (C=O) groups excluding carboxylic acids is 2. The summed E-state index contributed by atoms with van der Waals surface area (Å²) in [7, 11) is 0. The molecule has 0 bridgehead atoms. The van der Waals surface area contributed by atoms with Crippen LogP contribution in [-0.2, 0) is 24.4 Å². The number of piperidine rings is 1. The zero-order valence-electron chi connectivity index (χ0n) is 25.0. The van der Waals surface area contributed by atoms with Crippen molar-refractivity contribution in [2.24, 2.45) is 11.7 Å². The Balaban J connectivity index is 0.990. The highest BCUT2D eigenvalue weighted by Gasteiger charge is 2.25. The van der Waals surface area contributed by atoms with Gasteiger partial charge in [0.2, 0.25) is 0 Å². The summed E-state index contributed by atoms with van der Waals surface area (Å²) in [5.74, 6) is -0.0705. The molecule has 7 rings (SSSR count). The fourth-order valence-corrected chi connectivity index (χ4v) is 6.52. The van der Waals surface area contributed by atoms with Crippen molar-refractivity contribution < 1.29 is 14.3 Å². The lowest BCUT2D eigenvalue weighted by molar-refractivity contribution is 0.0809. The van der Waals surface area contributed by atoms with Crippen LogP contribution < -0.4 is 5.73 Å². The van der Waals surface area contributed by atoms with E-state index in [0.717, 1.165) is 63.3 Å². The molecule has 3 heterocycles. The first-order valence-electron chi connectivity index (χ1n) is 15.4. The molecule has 2 aromatic heterocycles. The molecule has 2 amide bonds. The largest absolute Gasteiger partial charge is 0.445 e. The summed E-state index contributed by atoms with van der Waals surface area (Å²) in [5.41, 5.74) is 10.3. The Bertz CT molecular complexity index is 1990. The molecule has 0 atom stereocenters. The summed E-state index contributed by atoms with van der Waals surface area (Å²) in [6.45, 7) is 2.83. The van der Waals surface area contributed by atoms with Crippen LogP contribution in [0, 0.1) is 5.92 Å². The summed E-state index contributed by atoms with van der Waals surface area (Å²) in [6.07, 6.45) is 7.19. The van der Waals surface area contributed by atoms with Crippen molar-refractivity contribution in [1.82, 2.24) is 19.0 Å². The highest BCUT2D eigenvalue weighted by molar-refractivity contribution is 5.99. The van der Waals surface area contributed by atoms with Gasteiger partial charge in [0.05, 0.1) is 18.6 Å². The molecular formula is C37H35N5O3. The first kappa shape index (κ1) is 28.4. The molecule has 6 aromatic rings. The number of likely N-dealkylation sites (tertiary alicyclic amines) is 1. The number of benzene rings is 4. The van der Waals surface area contributed by atoms with E-state index in [0.29, 0.717) is 31.2 Å². The molecule has 0 spiro atoms. The molecule has 0 aliphatic carbocycles. The van der Waals surface area contributed by atoms with Gasteiger partial charge in [-0.05, 0) is 57.5 Å². The minimum Gasteiger partial charge on any atom is -0.445 e. The van der Waals surface area contributed by atoms with E-state index in [1.165, 1.54) is 0 Å². The van der Waals surface area contributed by atoms with E-state index >= 15 is 0 Å². The quantitative estimate of drug-likeness (QED) is 0.208. The summed E-state index contributed by atoms with van der Waals surface area (Å²) in [4.78, 5) is 31.6. The van der Waals surface area contributed by atoms with Crippen LogP contribution in [0.4, 0.5) is 4.79 Å². The second-order valence-electron chi connectivity index (χ2n) is 11.8. The fraction of sp³-hybridized carbons (Fsp3) is 0.216. The van der Waals surface area contributed by atoms with Gasteiger partial charge in [0.15, 0.2) is 0 Å². The van der Waals surface area contributed by atoms with E-state index in [4.69, 9.17) is 10.5 Å². The second kappa shape index (κ2) is 12.3. The zero-order valence-corrected chi connectivity index (χ0v) is 25.0. The smallest absolute Gasteiger partial charge is 0.410 e. The number of ether oxygens (including phenoxy) is 1. The van der Waals surface area contributed by atoms with Crippen molar-refractivity contribution in [3.63, 3.8) is 0 Å². The number of hydrogen-bond donors (Lipinski definition) is 1. The second-order valence-corrected chi connectivity index (χ2v) is 11.8. The molecule has 0 radical (unpaired) electrons. The maximum Gasteiger partial charge on any atom is 0.410 e. The van der Waals surface area contributed by atoms with Crippen molar-refractivity contribution in [2.45, 2.75) is 32.5 Å². The number of aromatic nitrogens is 3. The molecule has 1 aliphatic heterocycles. The van der Waals surface area contributed by atoms with Crippen LogP contribution in [0.15, 0.2) is 110 Å². The lowest BCUT2D eigenvalue weighted by Gasteiger charge is -2.31.